The van der Waals surface area contributed by atoms with E-state index in [0.29, 0.717) is 12.1 Å². The Morgan fingerprint density at radius 1 is 1.00 bits per heavy atom. The number of carbonyl (C=O) groups excluding carboxylic acids is 1. The molecule has 0 aliphatic rings. The van der Waals surface area contributed by atoms with Gasteiger partial charge in [-0.15, -0.1) is 0 Å². The Bertz CT molecular complexity index is 823. The predicted octanol–water partition coefficient (Wildman–Crippen LogP) is 5.44. The van der Waals surface area contributed by atoms with Crippen LogP contribution in [-0.4, -0.2) is 17.5 Å². The average molecular weight is 433 g/mol. The molecule has 0 aliphatic carbocycles. The summed E-state index contributed by atoms with van der Waals surface area (Å²) >= 11 is 11.4. The van der Waals surface area contributed by atoms with Crippen molar-refractivity contribution in [3.63, 3.8) is 0 Å². The molecule has 0 radical (unpaired) electrons. The van der Waals surface area contributed by atoms with Gasteiger partial charge in [-0.2, -0.15) is 26.3 Å². The Morgan fingerprint density at radius 2 is 1.56 bits per heavy atom. The van der Waals surface area contributed by atoms with Crippen molar-refractivity contribution in [2.45, 2.75) is 12.4 Å². The molecule has 0 aliphatic heterocycles. The molecule has 1 amide bonds. The molecule has 2 aromatic rings. The molecule has 0 spiro atoms. The molecule has 0 unspecified atom stereocenters. The minimum atomic E-state index is -5.03. The first-order valence-electron chi connectivity index (χ1n) is 6.89. The summed E-state index contributed by atoms with van der Waals surface area (Å²) in [7, 11) is 0. The Kier molecular flexibility index (Phi) is 6.10. The van der Waals surface area contributed by atoms with Gasteiger partial charge < -0.3 is 10.1 Å². The first-order valence-corrected chi connectivity index (χ1v) is 7.65. The first-order chi connectivity index (χ1) is 12.4. The molecule has 1 heterocycles. The molecule has 1 N–H and O–H groups in total. The number of carbonyl (C=O) groups is 1. The smallest absolute Gasteiger partial charge is 0.416 e. The van der Waals surface area contributed by atoms with Gasteiger partial charge in [0.25, 0.3) is 5.91 Å². The van der Waals surface area contributed by atoms with Crippen LogP contribution in [0.2, 0.25) is 10.0 Å². The molecule has 0 atom stereocenters. The van der Waals surface area contributed by atoms with Gasteiger partial charge in [-0.1, -0.05) is 23.2 Å². The van der Waals surface area contributed by atoms with Crippen LogP contribution in [-0.2, 0) is 17.1 Å². The summed E-state index contributed by atoms with van der Waals surface area (Å²) in [5.74, 6) is -1.78. The second-order valence-corrected chi connectivity index (χ2v) is 5.91. The topological polar surface area (TPSA) is 51.2 Å². The molecule has 0 saturated carbocycles. The maximum atomic E-state index is 12.8. The fraction of sp³-hybridized carbons (Fsp3) is 0.200. The SMILES string of the molecule is O=C(COc1cc(C(F)(F)F)cc(C(F)(F)F)c1)Nc1ncc(Cl)cc1Cl. The number of halogens is 8. The highest BCUT2D eigenvalue weighted by atomic mass is 35.5. The highest BCUT2D eigenvalue weighted by molar-refractivity contribution is 6.36. The average Bonchev–Trinajstić information content (AvgIpc) is 2.54. The number of pyridine rings is 1. The van der Waals surface area contributed by atoms with Gasteiger partial charge >= 0.3 is 12.4 Å². The third-order valence-corrected chi connectivity index (χ3v) is 3.49. The van der Waals surface area contributed by atoms with Crippen molar-refractivity contribution in [1.29, 1.82) is 0 Å². The monoisotopic (exact) mass is 432 g/mol. The van der Waals surface area contributed by atoms with E-state index in [9.17, 15) is 31.1 Å². The zero-order valence-corrected chi connectivity index (χ0v) is 14.4. The van der Waals surface area contributed by atoms with E-state index in [1.807, 2.05) is 0 Å². The molecule has 146 valence electrons. The number of nitrogens with zero attached hydrogens (tertiary/aromatic N) is 1. The van der Waals surface area contributed by atoms with Gasteiger partial charge in [-0.25, -0.2) is 4.98 Å². The molecule has 0 bridgehead atoms. The number of hydrogen-bond donors (Lipinski definition) is 1. The number of anilines is 1. The first kappa shape index (κ1) is 21.1. The Balaban J connectivity index is 2.15. The quantitative estimate of drug-likeness (QED) is 0.654. The molecule has 1 aromatic carbocycles. The van der Waals surface area contributed by atoms with Crippen molar-refractivity contribution >= 4 is 34.9 Å². The van der Waals surface area contributed by atoms with Crippen molar-refractivity contribution in [3.8, 4) is 5.75 Å². The van der Waals surface area contributed by atoms with E-state index in [4.69, 9.17) is 27.9 Å². The minimum Gasteiger partial charge on any atom is -0.484 e. The van der Waals surface area contributed by atoms with Crippen LogP contribution in [0, 0.1) is 0 Å². The number of ether oxygens (including phenoxy) is 1. The van der Waals surface area contributed by atoms with Gasteiger partial charge in [-0.3, -0.25) is 4.79 Å². The lowest BCUT2D eigenvalue weighted by Gasteiger charge is -2.14. The van der Waals surface area contributed by atoms with Crippen LogP contribution in [0.3, 0.4) is 0 Å². The van der Waals surface area contributed by atoms with Crippen molar-refractivity contribution in [3.05, 3.63) is 51.6 Å². The van der Waals surface area contributed by atoms with Crippen LogP contribution in [0.1, 0.15) is 11.1 Å². The summed E-state index contributed by atoms with van der Waals surface area (Å²) in [6.45, 7) is -0.876. The number of hydrogen-bond acceptors (Lipinski definition) is 3. The van der Waals surface area contributed by atoms with Crippen molar-refractivity contribution < 1.29 is 35.9 Å². The van der Waals surface area contributed by atoms with E-state index in [-0.39, 0.29) is 21.9 Å². The lowest BCUT2D eigenvalue weighted by Crippen LogP contribution is -2.21. The maximum absolute atomic E-state index is 12.8. The number of rotatable bonds is 4. The zero-order valence-electron chi connectivity index (χ0n) is 12.9. The van der Waals surface area contributed by atoms with Gasteiger partial charge in [0.05, 0.1) is 21.2 Å². The summed E-state index contributed by atoms with van der Waals surface area (Å²) in [6, 6.07) is 1.94. The summed E-state index contributed by atoms with van der Waals surface area (Å²) in [5.41, 5.74) is -3.12. The lowest BCUT2D eigenvalue weighted by molar-refractivity contribution is -0.143. The molecule has 12 heteroatoms. The predicted molar refractivity (Wildman–Crippen MR) is 84.8 cm³/mol. The molecule has 4 nitrogen and oxygen atoms in total. The van der Waals surface area contributed by atoms with E-state index >= 15 is 0 Å². The zero-order chi connectivity index (χ0) is 20.4. The molecule has 2 rings (SSSR count). The second kappa shape index (κ2) is 7.81. The van der Waals surface area contributed by atoms with Crippen molar-refractivity contribution in [2.75, 3.05) is 11.9 Å². The van der Waals surface area contributed by atoms with Gasteiger partial charge in [0, 0.05) is 6.20 Å². The van der Waals surface area contributed by atoms with E-state index < -0.39 is 41.7 Å². The van der Waals surface area contributed by atoms with Crippen LogP contribution in [0.4, 0.5) is 32.2 Å². The number of aromatic nitrogens is 1. The van der Waals surface area contributed by atoms with Gasteiger partial charge in [-0.05, 0) is 24.3 Å². The number of amides is 1. The Morgan fingerprint density at radius 3 is 2.04 bits per heavy atom. The molecule has 0 saturated heterocycles. The van der Waals surface area contributed by atoms with Gasteiger partial charge in [0.2, 0.25) is 0 Å². The van der Waals surface area contributed by atoms with E-state index in [2.05, 4.69) is 10.3 Å². The van der Waals surface area contributed by atoms with E-state index in [1.165, 1.54) is 12.3 Å². The number of benzene rings is 1. The number of nitrogens with one attached hydrogen (secondary N) is 1. The summed E-state index contributed by atoms with van der Waals surface area (Å²) in [6.07, 6.45) is -8.88. The van der Waals surface area contributed by atoms with E-state index in [0.717, 1.165) is 0 Å². The van der Waals surface area contributed by atoms with Crippen LogP contribution < -0.4 is 10.1 Å². The normalized spacial score (nSPS) is 12.0. The van der Waals surface area contributed by atoms with Gasteiger partial charge in [0.15, 0.2) is 12.4 Å². The molecule has 0 fully saturated rings. The van der Waals surface area contributed by atoms with E-state index in [1.54, 1.807) is 0 Å². The Labute approximate surface area is 158 Å². The van der Waals surface area contributed by atoms with Gasteiger partial charge in [0.1, 0.15) is 5.75 Å². The third-order valence-electron chi connectivity index (χ3n) is 3.00. The summed E-state index contributed by atoms with van der Waals surface area (Å²) < 4.78 is 81.3. The molecule has 1 aromatic heterocycles. The highest BCUT2D eigenvalue weighted by Gasteiger charge is 2.37. The third kappa shape index (κ3) is 5.90. The summed E-state index contributed by atoms with van der Waals surface area (Å²) in [4.78, 5) is 15.5. The fourth-order valence-electron chi connectivity index (χ4n) is 1.83. The van der Waals surface area contributed by atoms with Crippen LogP contribution in [0.15, 0.2) is 30.5 Å². The standard InChI is InChI=1S/C15H8Cl2F6N2O2/c16-9-4-11(17)13(24-5-9)25-12(26)6-27-10-2-7(14(18,19)20)1-8(3-10)15(21,22)23/h1-5H,6H2,(H,24,25,26). The maximum Gasteiger partial charge on any atom is 0.416 e. The van der Waals surface area contributed by atoms with Crippen LogP contribution >= 0.6 is 23.2 Å². The molecular formula is C15H8Cl2F6N2O2. The van der Waals surface area contributed by atoms with Crippen LogP contribution in [0.5, 0.6) is 5.75 Å². The second-order valence-electron chi connectivity index (χ2n) is 5.06. The highest BCUT2D eigenvalue weighted by Crippen LogP contribution is 2.38. The van der Waals surface area contributed by atoms with Crippen molar-refractivity contribution in [1.82, 2.24) is 4.98 Å². The summed E-state index contributed by atoms with van der Waals surface area (Å²) in [5, 5.41) is 2.36. The minimum absolute atomic E-state index is 0.0192. The fourth-order valence-corrected chi connectivity index (χ4v) is 2.26. The molecular weight excluding hydrogens is 425 g/mol. The largest absolute Gasteiger partial charge is 0.484 e. The Hall–Kier alpha value is -2.20. The van der Waals surface area contributed by atoms with Crippen LogP contribution in [0.25, 0.3) is 0 Å². The molecule has 27 heavy (non-hydrogen) atoms. The lowest BCUT2D eigenvalue weighted by atomic mass is 10.1. The van der Waals surface area contributed by atoms with Crippen molar-refractivity contribution in [2.24, 2.45) is 0 Å². The number of alkyl halides is 6.